The maximum atomic E-state index is 13.1. The normalized spacial score (nSPS) is 17.1. The molecule has 3 aromatic rings. The predicted octanol–water partition coefficient (Wildman–Crippen LogP) is 3.92. The monoisotopic (exact) mass is 425 g/mol. The third-order valence-electron chi connectivity index (χ3n) is 5.20. The number of rotatable bonds is 6. The minimum absolute atomic E-state index is 0.0531. The molecule has 4 rings (SSSR count). The molecule has 1 aromatic heterocycles. The summed E-state index contributed by atoms with van der Waals surface area (Å²) < 4.78 is 18.6. The van der Waals surface area contributed by atoms with Crippen molar-refractivity contribution >= 4 is 17.2 Å². The minimum Gasteiger partial charge on any atom is -0.486 e. The Morgan fingerprint density at radius 1 is 1.17 bits per heavy atom. The fourth-order valence-electron chi connectivity index (χ4n) is 3.61. The van der Waals surface area contributed by atoms with Gasteiger partial charge in [-0.15, -0.1) is 11.3 Å². The largest absolute Gasteiger partial charge is 0.486 e. The fourth-order valence-corrected chi connectivity index (χ4v) is 4.31. The molecule has 1 fully saturated rings. The van der Waals surface area contributed by atoms with Crippen molar-refractivity contribution < 1.29 is 13.9 Å². The zero-order chi connectivity index (χ0) is 20.9. The van der Waals surface area contributed by atoms with E-state index in [0.717, 1.165) is 29.4 Å². The standard InChI is InChI=1S/C23H24FN3O2S/c1-26-11-12-27(21(14-26)17-5-3-2-4-6-17)23(28)13-19-16-30-22(25-19)15-29-20-9-7-18(24)8-10-20/h2-10,16,21H,11-15H2,1H3/t21-/m1/s1. The first-order valence-electron chi connectivity index (χ1n) is 9.93. The highest BCUT2D eigenvalue weighted by Crippen LogP contribution is 2.26. The molecule has 1 atom stereocenters. The summed E-state index contributed by atoms with van der Waals surface area (Å²) in [4.78, 5) is 21.9. The molecule has 0 saturated carbocycles. The number of likely N-dealkylation sites (N-methyl/N-ethyl adjacent to an activating group) is 1. The Kier molecular flexibility index (Phi) is 6.40. The van der Waals surface area contributed by atoms with Gasteiger partial charge in [0.05, 0.1) is 18.2 Å². The molecule has 0 N–H and O–H groups in total. The topological polar surface area (TPSA) is 45.7 Å². The number of halogens is 1. The lowest BCUT2D eigenvalue weighted by atomic mass is 10.0. The van der Waals surface area contributed by atoms with E-state index in [4.69, 9.17) is 4.74 Å². The molecule has 1 amide bonds. The second-order valence-corrected chi connectivity index (χ2v) is 8.37. The third kappa shape index (κ3) is 5.04. The molecule has 2 heterocycles. The molecule has 156 valence electrons. The summed E-state index contributed by atoms with van der Waals surface area (Å²) >= 11 is 1.47. The van der Waals surface area contributed by atoms with Gasteiger partial charge in [0, 0.05) is 25.0 Å². The molecule has 0 bridgehead atoms. The summed E-state index contributed by atoms with van der Waals surface area (Å²) in [7, 11) is 2.09. The summed E-state index contributed by atoms with van der Waals surface area (Å²) in [5.74, 6) is 0.385. The Hall–Kier alpha value is -2.77. The van der Waals surface area contributed by atoms with Crippen molar-refractivity contribution in [3.8, 4) is 5.75 Å². The van der Waals surface area contributed by atoms with Gasteiger partial charge in [0.15, 0.2) is 0 Å². The van der Waals surface area contributed by atoms with E-state index in [1.165, 1.54) is 23.5 Å². The van der Waals surface area contributed by atoms with Gasteiger partial charge in [-0.1, -0.05) is 30.3 Å². The van der Waals surface area contributed by atoms with Crippen LogP contribution in [0, 0.1) is 5.82 Å². The summed E-state index contributed by atoms with van der Waals surface area (Å²) in [5, 5.41) is 2.70. The maximum absolute atomic E-state index is 13.1. The zero-order valence-corrected chi connectivity index (χ0v) is 17.6. The smallest absolute Gasteiger partial charge is 0.229 e. The van der Waals surface area contributed by atoms with Gasteiger partial charge in [0.1, 0.15) is 23.2 Å². The molecule has 5 nitrogen and oxygen atoms in total. The van der Waals surface area contributed by atoms with Crippen LogP contribution < -0.4 is 4.74 Å². The molecule has 1 aliphatic rings. The average Bonchev–Trinajstić information content (AvgIpc) is 3.21. The van der Waals surface area contributed by atoms with Gasteiger partial charge < -0.3 is 14.5 Å². The number of nitrogens with zero attached hydrogens (tertiary/aromatic N) is 3. The molecular weight excluding hydrogens is 401 g/mol. The van der Waals surface area contributed by atoms with Crippen LogP contribution in [0.1, 0.15) is 22.3 Å². The lowest BCUT2D eigenvalue weighted by Crippen LogP contribution is -2.49. The van der Waals surface area contributed by atoms with Crippen LogP contribution in [-0.4, -0.2) is 47.4 Å². The van der Waals surface area contributed by atoms with Crippen LogP contribution >= 0.6 is 11.3 Å². The van der Waals surface area contributed by atoms with Crippen molar-refractivity contribution in [1.29, 1.82) is 0 Å². The number of thiazole rings is 1. The molecule has 30 heavy (non-hydrogen) atoms. The Labute approximate surface area is 179 Å². The summed E-state index contributed by atoms with van der Waals surface area (Å²) in [6, 6.07) is 16.1. The minimum atomic E-state index is -0.296. The van der Waals surface area contributed by atoms with Crippen molar-refractivity contribution in [3.63, 3.8) is 0 Å². The van der Waals surface area contributed by atoms with Gasteiger partial charge in [-0.25, -0.2) is 9.37 Å². The Morgan fingerprint density at radius 3 is 2.70 bits per heavy atom. The highest BCUT2D eigenvalue weighted by Gasteiger charge is 2.30. The highest BCUT2D eigenvalue weighted by molar-refractivity contribution is 7.09. The molecule has 7 heteroatoms. The van der Waals surface area contributed by atoms with Gasteiger partial charge >= 0.3 is 0 Å². The van der Waals surface area contributed by atoms with Gasteiger partial charge in [-0.3, -0.25) is 4.79 Å². The molecular formula is C23H24FN3O2S. The van der Waals surface area contributed by atoms with Gasteiger partial charge in [-0.2, -0.15) is 0 Å². The SMILES string of the molecule is CN1CCN(C(=O)Cc2csc(COc3ccc(F)cc3)n2)[C@@H](c2ccccc2)C1. The van der Waals surface area contributed by atoms with Gasteiger partial charge in [0.25, 0.3) is 0 Å². The molecule has 1 aliphatic heterocycles. The van der Waals surface area contributed by atoms with E-state index in [2.05, 4.69) is 29.1 Å². The quantitative estimate of drug-likeness (QED) is 0.601. The van der Waals surface area contributed by atoms with Gasteiger partial charge in [0.2, 0.25) is 5.91 Å². The van der Waals surface area contributed by atoms with E-state index in [1.807, 2.05) is 28.5 Å². The first kappa shape index (κ1) is 20.5. The molecule has 0 unspecified atom stereocenters. The van der Waals surface area contributed by atoms with E-state index in [0.29, 0.717) is 18.9 Å². The van der Waals surface area contributed by atoms with Crippen LogP contribution in [0.5, 0.6) is 5.75 Å². The first-order valence-corrected chi connectivity index (χ1v) is 10.8. The number of benzene rings is 2. The van der Waals surface area contributed by atoms with E-state index in [9.17, 15) is 9.18 Å². The lowest BCUT2D eigenvalue weighted by Gasteiger charge is -2.40. The van der Waals surface area contributed by atoms with E-state index in [1.54, 1.807) is 12.1 Å². The zero-order valence-electron chi connectivity index (χ0n) is 16.8. The molecule has 0 radical (unpaired) electrons. The highest BCUT2D eigenvalue weighted by atomic mass is 32.1. The van der Waals surface area contributed by atoms with E-state index in [-0.39, 0.29) is 24.2 Å². The molecule has 0 aliphatic carbocycles. The van der Waals surface area contributed by atoms with Crippen LogP contribution in [0.25, 0.3) is 0 Å². The van der Waals surface area contributed by atoms with Crippen molar-refractivity contribution in [2.45, 2.75) is 19.1 Å². The number of amides is 1. The second-order valence-electron chi connectivity index (χ2n) is 7.43. The summed E-state index contributed by atoms with van der Waals surface area (Å²) in [5.41, 5.74) is 1.91. The van der Waals surface area contributed by atoms with E-state index < -0.39 is 0 Å². The van der Waals surface area contributed by atoms with Crippen molar-refractivity contribution in [1.82, 2.24) is 14.8 Å². The maximum Gasteiger partial charge on any atom is 0.229 e. The molecule has 1 saturated heterocycles. The lowest BCUT2D eigenvalue weighted by molar-refractivity contribution is -0.135. The van der Waals surface area contributed by atoms with Crippen LogP contribution in [0.4, 0.5) is 4.39 Å². The number of piperazine rings is 1. The molecule has 2 aromatic carbocycles. The fraction of sp³-hybridized carbons (Fsp3) is 0.304. The average molecular weight is 426 g/mol. The Morgan fingerprint density at radius 2 is 1.93 bits per heavy atom. The Bertz CT molecular complexity index is 978. The third-order valence-corrected chi connectivity index (χ3v) is 6.07. The van der Waals surface area contributed by atoms with Crippen LogP contribution in [0.2, 0.25) is 0 Å². The van der Waals surface area contributed by atoms with Crippen LogP contribution in [0.15, 0.2) is 60.0 Å². The van der Waals surface area contributed by atoms with Crippen molar-refractivity contribution in [2.75, 3.05) is 26.7 Å². The molecule has 0 spiro atoms. The number of aromatic nitrogens is 1. The second kappa shape index (κ2) is 9.36. The first-order chi connectivity index (χ1) is 14.6. The number of carbonyl (C=O) groups is 1. The number of carbonyl (C=O) groups excluding carboxylic acids is 1. The van der Waals surface area contributed by atoms with Crippen molar-refractivity contribution in [3.05, 3.63) is 82.1 Å². The number of ether oxygens (including phenoxy) is 1. The van der Waals surface area contributed by atoms with Gasteiger partial charge in [-0.05, 0) is 36.9 Å². The predicted molar refractivity (Wildman–Crippen MR) is 115 cm³/mol. The summed E-state index contributed by atoms with van der Waals surface area (Å²) in [6.07, 6.45) is 0.278. The number of hydrogen-bond donors (Lipinski definition) is 0. The number of hydrogen-bond acceptors (Lipinski definition) is 5. The van der Waals surface area contributed by atoms with E-state index >= 15 is 0 Å². The Balaban J connectivity index is 1.38. The van der Waals surface area contributed by atoms with Crippen LogP contribution in [-0.2, 0) is 17.8 Å². The summed E-state index contributed by atoms with van der Waals surface area (Å²) in [6.45, 7) is 2.69. The van der Waals surface area contributed by atoms with Crippen molar-refractivity contribution in [2.24, 2.45) is 0 Å². The van der Waals surface area contributed by atoms with Crippen LogP contribution in [0.3, 0.4) is 0 Å².